The first-order valence-electron chi connectivity index (χ1n) is 6.51. The van der Waals surface area contributed by atoms with E-state index in [2.05, 4.69) is 5.32 Å². The normalized spacial score (nSPS) is 10.6. The largest absolute Gasteiger partial charge is 0.492 e. The Hall–Kier alpha value is -2.31. The summed E-state index contributed by atoms with van der Waals surface area (Å²) >= 11 is 0. The monoisotopic (exact) mass is 291 g/mol. The topological polar surface area (TPSA) is 99.0 Å². The first-order chi connectivity index (χ1) is 10.1. The zero-order valence-corrected chi connectivity index (χ0v) is 11.4. The molecule has 6 heteroatoms. The molecular formula is C15H17NO5. The third-order valence-electron chi connectivity index (χ3n) is 3.12. The van der Waals surface area contributed by atoms with Gasteiger partial charge in [0.2, 0.25) is 0 Å². The maximum atomic E-state index is 10.3. The molecule has 0 bridgehead atoms. The quantitative estimate of drug-likeness (QED) is 0.604. The number of fused-ring (bicyclic) bond motifs is 1. The van der Waals surface area contributed by atoms with Gasteiger partial charge in [0, 0.05) is 0 Å². The van der Waals surface area contributed by atoms with Crippen molar-refractivity contribution in [3.05, 3.63) is 41.5 Å². The van der Waals surface area contributed by atoms with E-state index < -0.39 is 6.09 Å². The maximum absolute atomic E-state index is 10.3. The number of hydrogen-bond donors (Lipinski definition) is 4. The van der Waals surface area contributed by atoms with Gasteiger partial charge >= 0.3 is 6.09 Å². The standard InChI is InChI=1S/C15H17NO5/c17-8-12-5-10-1-2-14(21-4-3-16-15(19)20)7-11(10)6-13(12)9-18/h1-2,5-7,16-18H,3-4,8-9H2,(H,19,20). The van der Waals surface area contributed by atoms with Crippen LogP contribution in [0.25, 0.3) is 10.8 Å². The Labute approximate surface area is 121 Å². The smallest absolute Gasteiger partial charge is 0.404 e. The Morgan fingerprint density at radius 3 is 2.33 bits per heavy atom. The minimum atomic E-state index is -1.08. The van der Waals surface area contributed by atoms with Crippen LogP contribution < -0.4 is 10.1 Å². The fraction of sp³-hybridized carbons (Fsp3) is 0.267. The number of hydrogen-bond acceptors (Lipinski definition) is 4. The van der Waals surface area contributed by atoms with Crippen LogP contribution in [-0.2, 0) is 13.2 Å². The zero-order chi connectivity index (χ0) is 15.2. The molecule has 0 aromatic heterocycles. The number of nitrogens with one attached hydrogen (secondary N) is 1. The van der Waals surface area contributed by atoms with Crippen LogP contribution in [0.1, 0.15) is 11.1 Å². The van der Waals surface area contributed by atoms with E-state index in [-0.39, 0.29) is 26.4 Å². The molecule has 112 valence electrons. The van der Waals surface area contributed by atoms with Gasteiger partial charge in [0.1, 0.15) is 12.4 Å². The van der Waals surface area contributed by atoms with Crippen molar-refractivity contribution in [2.45, 2.75) is 13.2 Å². The predicted molar refractivity (Wildman–Crippen MR) is 77.3 cm³/mol. The molecule has 0 atom stereocenters. The van der Waals surface area contributed by atoms with E-state index in [4.69, 9.17) is 9.84 Å². The molecule has 2 aromatic carbocycles. The van der Waals surface area contributed by atoms with Gasteiger partial charge < -0.3 is 25.4 Å². The van der Waals surface area contributed by atoms with E-state index in [1.54, 1.807) is 6.07 Å². The summed E-state index contributed by atoms with van der Waals surface area (Å²) in [5, 5.41) is 31.0. The van der Waals surface area contributed by atoms with E-state index in [0.29, 0.717) is 16.9 Å². The summed E-state index contributed by atoms with van der Waals surface area (Å²) in [7, 11) is 0. The highest BCUT2D eigenvalue weighted by atomic mass is 16.5. The van der Waals surface area contributed by atoms with Crippen LogP contribution in [0.2, 0.25) is 0 Å². The van der Waals surface area contributed by atoms with Crippen LogP contribution in [0, 0.1) is 0 Å². The molecule has 0 aliphatic heterocycles. The highest BCUT2D eigenvalue weighted by molar-refractivity contribution is 5.85. The van der Waals surface area contributed by atoms with Crippen LogP contribution in [0.5, 0.6) is 5.75 Å². The molecule has 0 radical (unpaired) electrons. The summed E-state index contributed by atoms with van der Waals surface area (Å²) < 4.78 is 5.46. The predicted octanol–water partition coefficient (Wildman–Crippen LogP) is 1.47. The average Bonchev–Trinajstić information content (AvgIpc) is 2.49. The van der Waals surface area contributed by atoms with Crippen molar-refractivity contribution >= 4 is 16.9 Å². The summed E-state index contributed by atoms with van der Waals surface area (Å²) in [4.78, 5) is 10.3. The van der Waals surface area contributed by atoms with Crippen molar-refractivity contribution in [2.75, 3.05) is 13.2 Å². The van der Waals surface area contributed by atoms with Gasteiger partial charge in [-0.3, -0.25) is 0 Å². The van der Waals surface area contributed by atoms with E-state index in [1.165, 1.54) is 0 Å². The highest BCUT2D eigenvalue weighted by Crippen LogP contribution is 2.25. The molecule has 6 nitrogen and oxygen atoms in total. The maximum Gasteiger partial charge on any atom is 0.404 e. The number of ether oxygens (including phenoxy) is 1. The number of rotatable bonds is 6. The molecule has 2 aromatic rings. The second-order valence-corrected chi connectivity index (χ2v) is 4.53. The van der Waals surface area contributed by atoms with Crippen molar-refractivity contribution in [1.29, 1.82) is 0 Å². The summed E-state index contributed by atoms with van der Waals surface area (Å²) in [5.74, 6) is 0.621. The minimum Gasteiger partial charge on any atom is -0.492 e. The van der Waals surface area contributed by atoms with E-state index in [9.17, 15) is 15.0 Å². The molecule has 0 aliphatic carbocycles. The molecule has 4 N–H and O–H groups in total. The van der Waals surface area contributed by atoms with Crippen LogP contribution in [0.15, 0.2) is 30.3 Å². The van der Waals surface area contributed by atoms with Gasteiger partial charge in [0.15, 0.2) is 0 Å². The van der Waals surface area contributed by atoms with Gasteiger partial charge in [-0.1, -0.05) is 6.07 Å². The van der Waals surface area contributed by atoms with Crippen molar-refractivity contribution < 1.29 is 24.9 Å². The van der Waals surface area contributed by atoms with Crippen molar-refractivity contribution in [2.24, 2.45) is 0 Å². The number of carboxylic acid groups (broad SMARTS) is 1. The molecule has 0 unspecified atom stereocenters. The highest BCUT2D eigenvalue weighted by Gasteiger charge is 2.05. The summed E-state index contributed by atoms with van der Waals surface area (Å²) in [5.41, 5.74) is 1.37. The lowest BCUT2D eigenvalue weighted by molar-refractivity contribution is 0.191. The number of aliphatic hydroxyl groups is 2. The molecular weight excluding hydrogens is 274 g/mol. The van der Waals surface area contributed by atoms with Gasteiger partial charge in [-0.25, -0.2) is 4.79 Å². The lowest BCUT2D eigenvalue weighted by Gasteiger charge is -2.10. The minimum absolute atomic E-state index is 0.120. The summed E-state index contributed by atoms with van der Waals surface area (Å²) in [6, 6.07) is 9.09. The molecule has 0 heterocycles. The van der Waals surface area contributed by atoms with Crippen molar-refractivity contribution in [3.8, 4) is 5.75 Å². The fourth-order valence-corrected chi connectivity index (χ4v) is 2.08. The van der Waals surface area contributed by atoms with Gasteiger partial charge in [-0.05, 0) is 46.2 Å². The molecule has 0 aliphatic rings. The Balaban J connectivity index is 2.15. The van der Waals surface area contributed by atoms with Gasteiger partial charge in [0.25, 0.3) is 0 Å². The van der Waals surface area contributed by atoms with Crippen LogP contribution in [-0.4, -0.2) is 34.6 Å². The Morgan fingerprint density at radius 2 is 1.71 bits per heavy atom. The van der Waals surface area contributed by atoms with Crippen molar-refractivity contribution in [3.63, 3.8) is 0 Å². The van der Waals surface area contributed by atoms with Gasteiger partial charge in [0.05, 0.1) is 19.8 Å². The summed E-state index contributed by atoms with van der Waals surface area (Å²) in [6.07, 6.45) is -1.08. The molecule has 1 amide bonds. The van der Waals surface area contributed by atoms with Crippen LogP contribution in [0.3, 0.4) is 0 Å². The first kappa shape index (κ1) is 15.1. The second-order valence-electron chi connectivity index (χ2n) is 4.53. The third kappa shape index (κ3) is 3.84. The van der Waals surface area contributed by atoms with Crippen LogP contribution in [0.4, 0.5) is 4.79 Å². The Bertz CT molecular complexity index is 641. The number of carbonyl (C=O) groups is 1. The van der Waals surface area contributed by atoms with E-state index in [1.807, 2.05) is 24.3 Å². The number of benzene rings is 2. The number of aliphatic hydroxyl groups excluding tert-OH is 2. The second kappa shape index (κ2) is 6.92. The van der Waals surface area contributed by atoms with E-state index in [0.717, 1.165) is 10.8 Å². The van der Waals surface area contributed by atoms with E-state index >= 15 is 0 Å². The van der Waals surface area contributed by atoms with Gasteiger partial charge in [-0.2, -0.15) is 0 Å². The molecule has 2 rings (SSSR count). The van der Waals surface area contributed by atoms with Crippen molar-refractivity contribution in [1.82, 2.24) is 5.32 Å². The first-order valence-corrected chi connectivity index (χ1v) is 6.51. The van der Waals surface area contributed by atoms with Crippen LogP contribution >= 0.6 is 0 Å². The Kier molecular flexibility index (Phi) is 4.97. The molecule has 0 fully saturated rings. The molecule has 0 saturated heterocycles. The molecule has 21 heavy (non-hydrogen) atoms. The third-order valence-corrected chi connectivity index (χ3v) is 3.12. The number of amides is 1. The Morgan fingerprint density at radius 1 is 1.05 bits per heavy atom. The fourth-order valence-electron chi connectivity index (χ4n) is 2.08. The molecule has 0 saturated carbocycles. The summed E-state index contributed by atoms with van der Waals surface area (Å²) in [6.45, 7) is 0.183. The lowest BCUT2D eigenvalue weighted by Crippen LogP contribution is -2.26. The average molecular weight is 291 g/mol. The zero-order valence-electron chi connectivity index (χ0n) is 11.4. The van der Waals surface area contributed by atoms with Gasteiger partial charge in [-0.15, -0.1) is 0 Å². The SMILES string of the molecule is O=C(O)NCCOc1ccc2cc(CO)c(CO)cc2c1. The lowest BCUT2D eigenvalue weighted by atomic mass is 10.0. The molecule has 0 spiro atoms.